The van der Waals surface area contributed by atoms with Gasteiger partial charge in [-0.15, -0.1) is 0 Å². The van der Waals surface area contributed by atoms with Crippen molar-refractivity contribution in [1.82, 2.24) is 0 Å². The normalized spacial score (nSPS) is 25.9. The number of hydrogen-bond donors (Lipinski definition) is 2. The summed E-state index contributed by atoms with van der Waals surface area (Å²) in [5, 5.41) is 17.3. The zero-order chi connectivity index (χ0) is 11.4. The maximum Gasteiger partial charge on any atom is 0.104 e. The van der Waals surface area contributed by atoms with E-state index in [1.807, 2.05) is 0 Å². The Hall–Kier alpha value is -1.48. The van der Waals surface area contributed by atoms with Gasteiger partial charge in [0.1, 0.15) is 13.2 Å². The van der Waals surface area contributed by atoms with E-state index in [9.17, 15) is 0 Å². The second kappa shape index (κ2) is 5.03. The predicted octanol–water partition coefficient (Wildman–Crippen LogP) is 0.870. The first kappa shape index (κ1) is 11.0. The first-order chi connectivity index (χ1) is 7.86. The molecule has 0 aromatic carbocycles. The summed E-state index contributed by atoms with van der Waals surface area (Å²) in [6, 6.07) is 0. The molecule has 0 saturated heterocycles. The highest BCUT2D eigenvalue weighted by molar-refractivity contribution is 5.45. The van der Waals surface area contributed by atoms with Gasteiger partial charge < -0.3 is 10.2 Å². The Labute approximate surface area is 95.7 Å². The third-order valence-corrected chi connectivity index (χ3v) is 3.09. The van der Waals surface area contributed by atoms with Crippen molar-refractivity contribution >= 4 is 0 Å². The summed E-state index contributed by atoms with van der Waals surface area (Å²) in [7, 11) is 0. The number of aliphatic hydroxyl groups is 2. The van der Waals surface area contributed by atoms with E-state index in [1.165, 1.54) is 0 Å². The number of fused-ring (bicyclic) bond motifs is 1. The van der Waals surface area contributed by atoms with E-state index >= 15 is 0 Å². The molecule has 2 nitrogen and oxygen atoms in total. The minimum Gasteiger partial charge on any atom is -0.384 e. The van der Waals surface area contributed by atoms with Crippen LogP contribution in [0.1, 0.15) is 12.8 Å². The molecule has 2 aliphatic rings. The van der Waals surface area contributed by atoms with Crippen LogP contribution < -0.4 is 0 Å². The number of hydrogen-bond acceptors (Lipinski definition) is 2. The van der Waals surface area contributed by atoms with Crippen LogP contribution in [0.3, 0.4) is 0 Å². The maximum atomic E-state index is 8.67. The molecule has 2 atom stereocenters. The molecule has 2 heteroatoms. The van der Waals surface area contributed by atoms with Crippen molar-refractivity contribution in [1.29, 1.82) is 0 Å². The molecular formula is C14H14O2. The fourth-order valence-electron chi connectivity index (χ4n) is 2.40. The van der Waals surface area contributed by atoms with Crippen LogP contribution in [0.2, 0.25) is 0 Å². The molecule has 0 amide bonds. The van der Waals surface area contributed by atoms with Crippen LogP contribution in [0.15, 0.2) is 23.3 Å². The highest BCUT2D eigenvalue weighted by atomic mass is 16.3. The summed E-state index contributed by atoms with van der Waals surface area (Å²) in [5.74, 6) is 12.3. The van der Waals surface area contributed by atoms with Gasteiger partial charge in [-0.2, -0.15) is 0 Å². The molecule has 2 rings (SSSR count). The molecule has 2 aliphatic carbocycles. The Morgan fingerprint density at radius 3 is 1.75 bits per heavy atom. The van der Waals surface area contributed by atoms with Crippen LogP contribution in [-0.2, 0) is 0 Å². The van der Waals surface area contributed by atoms with E-state index in [0.29, 0.717) is 11.8 Å². The van der Waals surface area contributed by atoms with Gasteiger partial charge in [0, 0.05) is 23.0 Å². The Kier molecular flexibility index (Phi) is 3.47. The molecule has 0 aromatic heterocycles. The molecule has 0 radical (unpaired) electrons. The Morgan fingerprint density at radius 2 is 1.38 bits per heavy atom. The average molecular weight is 214 g/mol. The van der Waals surface area contributed by atoms with Gasteiger partial charge in [-0.3, -0.25) is 0 Å². The van der Waals surface area contributed by atoms with Crippen LogP contribution in [0.4, 0.5) is 0 Å². The quantitative estimate of drug-likeness (QED) is 0.587. The Bertz CT molecular complexity index is 405. The lowest BCUT2D eigenvalue weighted by molar-refractivity contribution is 0.350. The second-order valence-corrected chi connectivity index (χ2v) is 3.92. The van der Waals surface area contributed by atoms with Crippen LogP contribution in [0.25, 0.3) is 0 Å². The SMILES string of the molecule is OCC#CC1=CC[C@H]2C(C#CCO)=CC[C@@H]12. The van der Waals surface area contributed by atoms with Crippen molar-refractivity contribution in [2.45, 2.75) is 12.8 Å². The van der Waals surface area contributed by atoms with Crippen molar-refractivity contribution < 1.29 is 10.2 Å². The molecule has 16 heavy (non-hydrogen) atoms. The summed E-state index contributed by atoms with van der Waals surface area (Å²) in [5.41, 5.74) is 2.27. The van der Waals surface area contributed by atoms with Crippen molar-refractivity contribution in [2.24, 2.45) is 11.8 Å². The minimum absolute atomic E-state index is 0.0840. The monoisotopic (exact) mass is 214 g/mol. The molecule has 0 aromatic rings. The number of aliphatic hydroxyl groups excluding tert-OH is 2. The van der Waals surface area contributed by atoms with Gasteiger partial charge >= 0.3 is 0 Å². The molecule has 0 unspecified atom stereocenters. The van der Waals surface area contributed by atoms with Crippen molar-refractivity contribution in [3.8, 4) is 23.7 Å². The molecule has 0 aliphatic heterocycles. The summed E-state index contributed by atoms with van der Waals surface area (Å²) >= 11 is 0. The van der Waals surface area contributed by atoms with Gasteiger partial charge in [0.25, 0.3) is 0 Å². The largest absolute Gasteiger partial charge is 0.384 e. The van der Waals surface area contributed by atoms with E-state index in [0.717, 1.165) is 24.0 Å². The third kappa shape index (κ3) is 2.04. The fourth-order valence-corrected chi connectivity index (χ4v) is 2.40. The van der Waals surface area contributed by atoms with E-state index < -0.39 is 0 Å². The molecule has 0 heterocycles. The maximum absolute atomic E-state index is 8.67. The second-order valence-electron chi connectivity index (χ2n) is 3.92. The number of allylic oxidation sites excluding steroid dienone is 4. The van der Waals surface area contributed by atoms with Crippen LogP contribution in [-0.4, -0.2) is 23.4 Å². The highest BCUT2D eigenvalue weighted by Crippen LogP contribution is 2.43. The fraction of sp³-hybridized carbons (Fsp3) is 0.429. The standard InChI is InChI=1S/C14H14O2/c15-9-1-3-11-5-7-14-12(4-2-10-16)6-8-13(11)14/h5-6,13-16H,7-10H2/t13-,14-/m0/s1. The van der Waals surface area contributed by atoms with E-state index in [-0.39, 0.29) is 13.2 Å². The molecule has 0 spiro atoms. The van der Waals surface area contributed by atoms with E-state index in [2.05, 4.69) is 35.8 Å². The lowest BCUT2D eigenvalue weighted by Crippen LogP contribution is -2.06. The smallest absolute Gasteiger partial charge is 0.104 e. The molecular weight excluding hydrogens is 200 g/mol. The van der Waals surface area contributed by atoms with Gasteiger partial charge in [0.05, 0.1) is 0 Å². The summed E-state index contributed by atoms with van der Waals surface area (Å²) in [6.07, 6.45) is 6.25. The van der Waals surface area contributed by atoms with Gasteiger partial charge in [-0.05, 0) is 12.8 Å². The summed E-state index contributed by atoms with van der Waals surface area (Å²) < 4.78 is 0. The van der Waals surface area contributed by atoms with Gasteiger partial charge in [-0.25, -0.2) is 0 Å². The minimum atomic E-state index is -0.0840. The zero-order valence-electron chi connectivity index (χ0n) is 9.03. The molecule has 2 N–H and O–H groups in total. The van der Waals surface area contributed by atoms with E-state index in [1.54, 1.807) is 0 Å². The van der Waals surface area contributed by atoms with Crippen molar-refractivity contribution in [3.05, 3.63) is 23.3 Å². The Balaban J connectivity index is 2.07. The number of rotatable bonds is 0. The van der Waals surface area contributed by atoms with Crippen LogP contribution in [0.5, 0.6) is 0 Å². The Morgan fingerprint density at radius 1 is 0.938 bits per heavy atom. The molecule has 0 bridgehead atoms. The third-order valence-electron chi connectivity index (χ3n) is 3.09. The zero-order valence-corrected chi connectivity index (χ0v) is 9.03. The summed E-state index contributed by atoms with van der Waals surface area (Å²) in [6.45, 7) is -0.168. The molecule has 82 valence electrons. The topological polar surface area (TPSA) is 40.5 Å². The highest BCUT2D eigenvalue weighted by Gasteiger charge is 2.34. The van der Waals surface area contributed by atoms with E-state index in [4.69, 9.17) is 10.2 Å². The van der Waals surface area contributed by atoms with Crippen LogP contribution in [0, 0.1) is 35.5 Å². The summed E-state index contributed by atoms with van der Waals surface area (Å²) in [4.78, 5) is 0. The lowest BCUT2D eigenvalue weighted by atomic mass is 9.90. The first-order valence-corrected chi connectivity index (χ1v) is 5.46. The molecule has 0 fully saturated rings. The van der Waals surface area contributed by atoms with Crippen molar-refractivity contribution in [3.63, 3.8) is 0 Å². The van der Waals surface area contributed by atoms with Crippen molar-refractivity contribution in [2.75, 3.05) is 13.2 Å². The van der Waals surface area contributed by atoms with Crippen LogP contribution >= 0.6 is 0 Å². The first-order valence-electron chi connectivity index (χ1n) is 5.46. The van der Waals surface area contributed by atoms with Gasteiger partial charge in [-0.1, -0.05) is 35.8 Å². The predicted molar refractivity (Wildman–Crippen MR) is 62.1 cm³/mol. The average Bonchev–Trinajstić information content (AvgIpc) is 2.86. The van der Waals surface area contributed by atoms with Gasteiger partial charge in [0.2, 0.25) is 0 Å². The molecule has 0 saturated carbocycles. The lowest BCUT2D eigenvalue weighted by Gasteiger charge is -2.11. The van der Waals surface area contributed by atoms with Gasteiger partial charge in [0.15, 0.2) is 0 Å².